The fourth-order valence-corrected chi connectivity index (χ4v) is 3.12. The van der Waals surface area contributed by atoms with Crippen LogP contribution in [0.4, 0.5) is 0 Å². The molecule has 4 nitrogen and oxygen atoms in total. The van der Waals surface area contributed by atoms with E-state index in [-0.39, 0.29) is 16.9 Å². The van der Waals surface area contributed by atoms with Gasteiger partial charge in [0.05, 0.1) is 12.1 Å². The van der Waals surface area contributed by atoms with Gasteiger partial charge in [-0.05, 0) is 29.8 Å². The number of benzene rings is 3. The first kappa shape index (κ1) is 16.8. The zero-order valence-electron chi connectivity index (χ0n) is 14.6. The monoisotopic (exact) mass is 354 g/mol. The number of rotatable bonds is 4. The summed E-state index contributed by atoms with van der Waals surface area (Å²) in [5.41, 5.74) is 2.34. The van der Waals surface area contributed by atoms with Gasteiger partial charge in [-0.25, -0.2) is 0 Å². The quantitative estimate of drug-likeness (QED) is 0.555. The number of aliphatic imine (C=N–C) groups is 1. The predicted molar refractivity (Wildman–Crippen MR) is 109 cm³/mol. The summed E-state index contributed by atoms with van der Waals surface area (Å²) in [4.78, 5) is 17.5. The molecule has 0 spiro atoms. The molecule has 0 radical (unpaired) electrons. The summed E-state index contributed by atoms with van der Waals surface area (Å²) in [6.07, 6.45) is 1.47. The molecule has 0 atom stereocenters. The number of para-hydroxylation sites is 2. The van der Waals surface area contributed by atoms with Crippen molar-refractivity contribution in [3.05, 3.63) is 106 Å². The molecule has 0 saturated heterocycles. The summed E-state index contributed by atoms with van der Waals surface area (Å²) in [6.45, 7) is 0.442. The molecular weight excluding hydrogens is 336 g/mol. The molecule has 1 heterocycles. The van der Waals surface area contributed by atoms with Gasteiger partial charge in [-0.2, -0.15) is 0 Å². The van der Waals surface area contributed by atoms with Crippen molar-refractivity contribution in [1.82, 2.24) is 4.57 Å². The van der Waals surface area contributed by atoms with Crippen molar-refractivity contribution >= 4 is 17.1 Å². The smallest absolute Gasteiger partial charge is 0.268 e. The molecule has 0 amide bonds. The first-order valence-corrected chi connectivity index (χ1v) is 8.71. The molecule has 4 heteroatoms. The molecule has 0 aliphatic rings. The van der Waals surface area contributed by atoms with Crippen molar-refractivity contribution in [2.75, 3.05) is 0 Å². The zero-order chi connectivity index (χ0) is 18.6. The van der Waals surface area contributed by atoms with Crippen LogP contribution in [0.5, 0.6) is 5.75 Å². The maximum Gasteiger partial charge on any atom is 0.268 e. The number of hydrogen-bond acceptors (Lipinski definition) is 3. The molecule has 27 heavy (non-hydrogen) atoms. The third kappa shape index (κ3) is 3.25. The highest BCUT2D eigenvalue weighted by atomic mass is 16.3. The maximum absolute atomic E-state index is 13.2. The Morgan fingerprint density at radius 2 is 1.48 bits per heavy atom. The number of nitrogens with zero attached hydrogens (tertiary/aromatic N) is 2. The fraction of sp³-hybridized carbons (Fsp3) is 0.0435. The Labute approximate surface area is 156 Å². The van der Waals surface area contributed by atoms with Gasteiger partial charge >= 0.3 is 0 Å². The average molecular weight is 354 g/mol. The predicted octanol–water partition coefficient (Wildman–Crippen LogP) is 4.32. The molecule has 0 fully saturated rings. The first-order valence-electron chi connectivity index (χ1n) is 8.71. The lowest BCUT2D eigenvalue weighted by Gasteiger charge is -2.13. The Kier molecular flexibility index (Phi) is 4.54. The van der Waals surface area contributed by atoms with Crippen molar-refractivity contribution in [1.29, 1.82) is 0 Å². The maximum atomic E-state index is 13.2. The van der Waals surface area contributed by atoms with Crippen LogP contribution in [0.25, 0.3) is 16.6 Å². The topological polar surface area (TPSA) is 54.6 Å². The molecule has 0 saturated carbocycles. The van der Waals surface area contributed by atoms with E-state index in [0.29, 0.717) is 17.4 Å². The lowest BCUT2D eigenvalue weighted by molar-refractivity contribution is 0.479. The molecule has 0 unspecified atom stereocenters. The van der Waals surface area contributed by atoms with Gasteiger partial charge in [-0.1, -0.05) is 60.7 Å². The second kappa shape index (κ2) is 7.30. The Hall–Kier alpha value is -3.66. The number of hydrogen-bond donors (Lipinski definition) is 1. The Morgan fingerprint density at radius 3 is 2.22 bits per heavy atom. The Balaban J connectivity index is 1.87. The summed E-state index contributed by atoms with van der Waals surface area (Å²) in [5.74, 6) is -0.0420. The van der Waals surface area contributed by atoms with E-state index in [1.807, 2.05) is 78.9 Å². The van der Waals surface area contributed by atoms with Crippen molar-refractivity contribution in [2.45, 2.75) is 6.54 Å². The van der Waals surface area contributed by atoms with Crippen LogP contribution in [-0.4, -0.2) is 15.9 Å². The van der Waals surface area contributed by atoms with Crippen LogP contribution in [0.1, 0.15) is 11.1 Å². The van der Waals surface area contributed by atoms with E-state index in [1.54, 1.807) is 10.6 Å². The standard InChI is InChI=1S/C23H18N2O2/c26-22-19-13-7-8-14-21(19)25(18-11-5-2-6-12-18)23(27)20(22)16-24-15-17-9-3-1-4-10-17/h1-14,16,26H,15H2. The Morgan fingerprint density at radius 1 is 0.852 bits per heavy atom. The summed E-state index contributed by atoms with van der Waals surface area (Å²) in [5, 5.41) is 11.3. The normalized spacial score (nSPS) is 11.3. The Bertz CT molecular complexity index is 1160. The van der Waals surface area contributed by atoms with E-state index >= 15 is 0 Å². The lowest BCUT2D eigenvalue weighted by Crippen LogP contribution is -2.23. The van der Waals surface area contributed by atoms with Gasteiger partial charge in [-0.15, -0.1) is 0 Å². The minimum absolute atomic E-state index is 0.0420. The van der Waals surface area contributed by atoms with E-state index < -0.39 is 0 Å². The number of fused-ring (bicyclic) bond motifs is 1. The lowest BCUT2D eigenvalue weighted by atomic mass is 10.1. The van der Waals surface area contributed by atoms with Gasteiger partial charge in [0, 0.05) is 17.3 Å². The highest BCUT2D eigenvalue weighted by molar-refractivity contribution is 5.95. The van der Waals surface area contributed by atoms with E-state index in [4.69, 9.17) is 0 Å². The largest absolute Gasteiger partial charge is 0.506 e. The molecule has 4 aromatic rings. The summed E-state index contributed by atoms with van der Waals surface area (Å²) < 4.78 is 1.61. The van der Waals surface area contributed by atoms with E-state index in [9.17, 15) is 9.90 Å². The van der Waals surface area contributed by atoms with Gasteiger partial charge in [0.15, 0.2) is 0 Å². The molecule has 1 aromatic heterocycles. The molecule has 0 aliphatic heterocycles. The fourth-order valence-electron chi connectivity index (χ4n) is 3.12. The molecule has 3 aromatic carbocycles. The van der Waals surface area contributed by atoms with Crippen molar-refractivity contribution in [3.8, 4) is 11.4 Å². The second-order valence-electron chi connectivity index (χ2n) is 6.21. The van der Waals surface area contributed by atoms with Gasteiger partial charge < -0.3 is 5.11 Å². The zero-order valence-corrected chi connectivity index (χ0v) is 14.6. The van der Waals surface area contributed by atoms with E-state index in [2.05, 4.69) is 4.99 Å². The molecule has 4 rings (SSSR count). The molecular formula is C23H18N2O2. The highest BCUT2D eigenvalue weighted by Crippen LogP contribution is 2.27. The minimum Gasteiger partial charge on any atom is -0.506 e. The van der Waals surface area contributed by atoms with Gasteiger partial charge in [0.2, 0.25) is 0 Å². The molecule has 1 N–H and O–H groups in total. The van der Waals surface area contributed by atoms with Crippen molar-refractivity contribution in [3.63, 3.8) is 0 Å². The number of aromatic nitrogens is 1. The van der Waals surface area contributed by atoms with Crippen LogP contribution >= 0.6 is 0 Å². The average Bonchev–Trinajstić information content (AvgIpc) is 2.72. The molecule has 0 bridgehead atoms. The van der Waals surface area contributed by atoms with Gasteiger partial charge in [0.1, 0.15) is 11.3 Å². The van der Waals surface area contributed by atoms with Crippen molar-refractivity contribution in [2.24, 2.45) is 4.99 Å². The molecule has 0 aliphatic carbocycles. The van der Waals surface area contributed by atoms with Gasteiger partial charge in [0.25, 0.3) is 5.56 Å². The van der Waals surface area contributed by atoms with Crippen LogP contribution in [0.15, 0.2) is 94.7 Å². The van der Waals surface area contributed by atoms with Crippen LogP contribution < -0.4 is 5.56 Å². The summed E-state index contributed by atoms with van der Waals surface area (Å²) >= 11 is 0. The highest BCUT2D eigenvalue weighted by Gasteiger charge is 2.15. The van der Waals surface area contributed by atoms with Crippen LogP contribution in [0.3, 0.4) is 0 Å². The van der Waals surface area contributed by atoms with E-state index in [1.165, 1.54) is 6.21 Å². The summed E-state index contributed by atoms with van der Waals surface area (Å²) in [6, 6.07) is 26.5. The second-order valence-corrected chi connectivity index (χ2v) is 6.21. The minimum atomic E-state index is -0.297. The SMILES string of the molecule is O=c1c(C=NCc2ccccc2)c(O)c2ccccc2n1-c1ccccc1. The van der Waals surface area contributed by atoms with Crippen molar-refractivity contribution < 1.29 is 5.11 Å². The first-order chi connectivity index (χ1) is 13.3. The summed E-state index contributed by atoms with van der Waals surface area (Å²) in [7, 11) is 0. The third-order valence-electron chi connectivity index (χ3n) is 4.44. The van der Waals surface area contributed by atoms with Crippen LogP contribution in [-0.2, 0) is 6.54 Å². The van der Waals surface area contributed by atoms with E-state index in [0.717, 1.165) is 11.3 Å². The number of aromatic hydroxyl groups is 1. The number of pyridine rings is 1. The van der Waals surface area contributed by atoms with Crippen LogP contribution in [0.2, 0.25) is 0 Å². The van der Waals surface area contributed by atoms with Crippen LogP contribution in [0, 0.1) is 0 Å². The van der Waals surface area contributed by atoms with Gasteiger partial charge in [-0.3, -0.25) is 14.4 Å². The molecule has 132 valence electrons. The third-order valence-corrected chi connectivity index (χ3v) is 4.44.